The summed E-state index contributed by atoms with van der Waals surface area (Å²) in [6, 6.07) is 16.7. The molecular weight excluding hydrogens is 376 g/mol. The minimum atomic E-state index is 0.138. The Labute approximate surface area is 177 Å². The number of fused-ring (bicyclic) bond motifs is 2. The van der Waals surface area contributed by atoms with Gasteiger partial charge in [-0.15, -0.1) is 0 Å². The zero-order valence-corrected chi connectivity index (χ0v) is 17.2. The topological polar surface area (TPSA) is 89.2 Å². The van der Waals surface area contributed by atoms with Crippen molar-refractivity contribution in [1.82, 2.24) is 10.6 Å². The first-order chi connectivity index (χ1) is 14.9. The van der Waals surface area contributed by atoms with Gasteiger partial charge in [-0.25, -0.2) is 0 Å². The molecule has 0 heterocycles. The average molecular weight is 407 g/mol. The summed E-state index contributed by atoms with van der Waals surface area (Å²) in [5.41, 5.74) is 2.23. The fraction of sp³-hybridized carbons (Fsp3) is 0.333. The van der Waals surface area contributed by atoms with Gasteiger partial charge in [0, 0.05) is 49.7 Å². The van der Waals surface area contributed by atoms with Gasteiger partial charge in [-0.3, -0.25) is 9.98 Å². The molecular formula is C24H30N4O2. The Balaban J connectivity index is 1.94. The highest BCUT2D eigenvalue weighted by molar-refractivity contribution is 6.21. The van der Waals surface area contributed by atoms with Gasteiger partial charge < -0.3 is 20.8 Å². The van der Waals surface area contributed by atoms with E-state index in [-0.39, 0.29) is 13.2 Å². The van der Waals surface area contributed by atoms with Crippen molar-refractivity contribution < 1.29 is 10.2 Å². The number of hydrogen-bond acceptors (Lipinski definition) is 6. The van der Waals surface area contributed by atoms with Crippen LogP contribution >= 0.6 is 0 Å². The van der Waals surface area contributed by atoms with Crippen molar-refractivity contribution in [3.8, 4) is 0 Å². The van der Waals surface area contributed by atoms with Gasteiger partial charge in [0.1, 0.15) is 0 Å². The molecule has 0 aliphatic rings. The van der Waals surface area contributed by atoms with Gasteiger partial charge in [-0.1, -0.05) is 48.5 Å². The lowest BCUT2D eigenvalue weighted by molar-refractivity contribution is 0.293. The third-order valence-electron chi connectivity index (χ3n) is 4.87. The van der Waals surface area contributed by atoms with Crippen LogP contribution < -0.4 is 10.6 Å². The van der Waals surface area contributed by atoms with Gasteiger partial charge in [0.2, 0.25) is 0 Å². The molecule has 0 saturated heterocycles. The normalized spacial score (nSPS) is 12.1. The first-order valence-electron chi connectivity index (χ1n) is 10.4. The average Bonchev–Trinajstić information content (AvgIpc) is 2.79. The number of aliphatic imine (C=N–C) groups is 2. The van der Waals surface area contributed by atoms with E-state index >= 15 is 0 Å². The monoisotopic (exact) mass is 406 g/mol. The van der Waals surface area contributed by atoms with Crippen molar-refractivity contribution in [2.75, 3.05) is 52.5 Å². The maximum absolute atomic E-state index is 8.85. The van der Waals surface area contributed by atoms with Gasteiger partial charge in [0.25, 0.3) is 0 Å². The lowest BCUT2D eigenvalue weighted by Crippen LogP contribution is -2.21. The summed E-state index contributed by atoms with van der Waals surface area (Å²) in [7, 11) is 0. The zero-order valence-electron chi connectivity index (χ0n) is 17.2. The van der Waals surface area contributed by atoms with Gasteiger partial charge >= 0.3 is 0 Å². The second kappa shape index (κ2) is 12.1. The quantitative estimate of drug-likeness (QED) is 0.210. The highest BCUT2D eigenvalue weighted by atomic mass is 16.3. The van der Waals surface area contributed by atoms with E-state index in [4.69, 9.17) is 10.2 Å². The summed E-state index contributed by atoms with van der Waals surface area (Å²) in [4.78, 5) is 9.23. The van der Waals surface area contributed by atoms with Crippen LogP contribution in [0.25, 0.3) is 21.5 Å². The molecule has 0 radical (unpaired) electrons. The molecule has 0 atom stereocenters. The molecule has 3 aromatic carbocycles. The largest absolute Gasteiger partial charge is 0.395 e. The number of nitrogens with one attached hydrogen (secondary N) is 2. The molecule has 6 nitrogen and oxygen atoms in total. The van der Waals surface area contributed by atoms with Crippen LogP contribution in [0.15, 0.2) is 58.5 Å². The van der Waals surface area contributed by atoms with Crippen molar-refractivity contribution in [3.63, 3.8) is 0 Å². The molecule has 0 saturated carbocycles. The summed E-state index contributed by atoms with van der Waals surface area (Å²) in [6.07, 6.45) is 3.93. The third kappa shape index (κ3) is 5.70. The van der Waals surface area contributed by atoms with Gasteiger partial charge in [-0.05, 0) is 21.5 Å². The number of benzene rings is 3. The Morgan fingerprint density at radius 2 is 0.967 bits per heavy atom. The highest BCUT2D eigenvalue weighted by Gasteiger charge is 2.11. The SMILES string of the molecule is OCCNCC/N=C/c1c2ccccc2c(/C=N/CCNCCO)c2ccccc12. The van der Waals surface area contributed by atoms with Crippen LogP contribution in [-0.4, -0.2) is 75.1 Å². The van der Waals surface area contributed by atoms with Crippen LogP contribution in [-0.2, 0) is 0 Å². The van der Waals surface area contributed by atoms with Crippen LogP contribution in [0.1, 0.15) is 11.1 Å². The predicted octanol–water partition coefficient (Wildman–Crippen LogP) is 1.99. The van der Waals surface area contributed by atoms with Crippen molar-refractivity contribution in [3.05, 3.63) is 59.7 Å². The first kappa shape index (κ1) is 22.1. The van der Waals surface area contributed by atoms with Crippen molar-refractivity contribution in [2.24, 2.45) is 9.98 Å². The van der Waals surface area contributed by atoms with E-state index in [0.29, 0.717) is 26.2 Å². The lowest BCUT2D eigenvalue weighted by Gasteiger charge is -2.12. The second-order valence-corrected chi connectivity index (χ2v) is 6.94. The zero-order chi connectivity index (χ0) is 21.0. The molecule has 0 spiro atoms. The fourth-order valence-electron chi connectivity index (χ4n) is 3.48. The lowest BCUT2D eigenvalue weighted by atomic mass is 9.92. The molecule has 0 aromatic heterocycles. The molecule has 0 amide bonds. The molecule has 158 valence electrons. The Kier molecular flexibility index (Phi) is 8.93. The standard InChI is InChI=1S/C24H30N4O2/c29-15-13-25-9-11-27-17-23-19-5-1-2-6-20(19)24(18-28-12-10-26-14-16-30)22-8-4-3-7-21(22)23/h1-8,17-18,25-26,29-30H,9-16H2/b27-17+,28-18+. The fourth-order valence-corrected chi connectivity index (χ4v) is 3.48. The maximum atomic E-state index is 8.85. The molecule has 6 heteroatoms. The van der Waals surface area contributed by atoms with Crippen LogP contribution in [0.2, 0.25) is 0 Å². The van der Waals surface area contributed by atoms with Crippen LogP contribution in [0.4, 0.5) is 0 Å². The van der Waals surface area contributed by atoms with E-state index in [1.807, 2.05) is 12.4 Å². The minimum Gasteiger partial charge on any atom is -0.395 e. The first-order valence-corrected chi connectivity index (χ1v) is 10.4. The molecule has 0 bridgehead atoms. The number of aliphatic hydroxyl groups excluding tert-OH is 2. The van der Waals surface area contributed by atoms with E-state index in [9.17, 15) is 0 Å². The molecule has 3 rings (SSSR count). The second-order valence-electron chi connectivity index (χ2n) is 6.94. The number of rotatable bonds is 12. The van der Waals surface area contributed by atoms with Crippen LogP contribution in [0, 0.1) is 0 Å². The van der Waals surface area contributed by atoms with Crippen molar-refractivity contribution in [2.45, 2.75) is 0 Å². The molecule has 3 aromatic rings. The third-order valence-corrected chi connectivity index (χ3v) is 4.87. The van der Waals surface area contributed by atoms with Crippen molar-refractivity contribution >= 4 is 34.0 Å². The number of nitrogens with zero attached hydrogens (tertiary/aromatic N) is 2. The molecule has 0 aliphatic carbocycles. The molecule has 30 heavy (non-hydrogen) atoms. The van der Waals surface area contributed by atoms with E-state index in [0.717, 1.165) is 45.8 Å². The maximum Gasteiger partial charge on any atom is 0.0555 e. The smallest absolute Gasteiger partial charge is 0.0555 e. The van der Waals surface area contributed by atoms with Crippen LogP contribution in [0.5, 0.6) is 0 Å². The minimum absolute atomic E-state index is 0.138. The van der Waals surface area contributed by atoms with Crippen molar-refractivity contribution in [1.29, 1.82) is 0 Å². The van der Waals surface area contributed by atoms with Gasteiger partial charge in [-0.2, -0.15) is 0 Å². The Morgan fingerprint density at radius 1 is 0.600 bits per heavy atom. The summed E-state index contributed by atoms with van der Waals surface area (Å²) >= 11 is 0. The summed E-state index contributed by atoms with van der Waals surface area (Å²) < 4.78 is 0. The number of hydrogen-bond donors (Lipinski definition) is 4. The molecule has 0 fully saturated rings. The predicted molar refractivity (Wildman–Crippen MR) is 126 cm³/mol. The van der Waals surface area contributed by atoms with E-state index in [1.165, 1.54) is 0 Å². The molecule has 4 N–H and O–H groups in total. The Bertz CT molecular complexity index is 864. The Hall–Kier alpha value is -2.64. The molecule has 0 aliphatic heterocycles. The van der Waals surface area contributed by atoms with Gasteiger partial charge in [0.05, 0.1) is 26.3 Å². The molecule has 0 unspecified atom stereocenters. The highest BCUT2D eigenvalue weighted by Crippen LogP contribution is 2.31. The summed E-state index contributed by atoms with van der Waals surface area (Å²) in [5.74, 6) is 0. The van der Waals surface area contributed by atoms with E-state index in [2.05, 4.69) is 69.1 Å². The number of aliphatic hydroxyl groups is 2. The van der Waals surface area contributed by atoms with Gasteiger partial charge in [0.15, 0.2) is 0 Å². The van der Waals surface area contributed by atoms with Crippen LogP contribution in [0.3, 0.4) is 0 Å². The Morgan fingerprint density at radius 3 is 1.30 bits per heavy atom. The van der Waals surface area contributed by atoms with E-state index < -0.39 is 0 Å². The van der Waals surface area contributed by atoms with E-state index in [1.54, 1.807) is 0 Å². The summed E-state index contributed by atoms with van der Waals surface area (Å²) in [6.45, 7) is 4.25. The summed E-state index contributed by atoms with van der Waals surface area (Å²) in [5, 5.41) is 28.6.